The number of hydrogen-bond donors (Lipinski definition) is 0. The van der Waals surface area contributed by atoms with E-state index in [1.165, 1.54) is 6.42 Å². The summed E-state index contributed by atoms with van der Waals surface area (Å²) in [6, 6.07) is 2.19. The molecule has 8 heteroatoms. The van der Waals surface area contributed by atoms with E-state index < -0.39 is 0 Å². The Labute approximate surface area is 202 Å². The fourth-order valence-electron chi connectivity index (χ4n) is 5.62. The highest BCUT2D eigenvalue weighted by atomic mass is 16.2. The maximum absolute atomic E-state index is 13.6. The van der Waals surface area contributed by atoms with Crippen LogP contribution in [0.25, 0.3) is 11.0 Å². The number of aromatic nitrogens is 3. The third kappa shape index (κ3) is 4.69. The zero-order valence-electron chi connectivity index (χ0n) is 21.0. The molecule has 0 spiro atoms. The van der Waals surface area contributed by atoms with Crippen LogP contribution in [0.1, 0.15) is 75.0 Å². The van der Waals surface area contributed by atoms with Gasteiger partial charge in [-0.05, 0) is 51.0 Å². The molecule has 2 aliphatic heterocycles. The largest absolute Gasteiger partial charge is 0.341 e. The van der Waals surface area contributed by atoms with E-state index in [2.05, 4.69) is 37.7 Å². The number of likely N-dealkylation sites (tertiary alicyclic amines) is 1. The first-order valence-electron chi connectivity index (χ1n) is 13.0. The van der Waals surface area contributed by atoms with Crippen molar-refractivity contribution in [2.75, 3.05) is 45.8 Å². The Morgan fingerprint density at radius 1 is 1.03 bits per heavy atom. The van der Waals surface area contributed by atoms with Gasteiger partial charge in [0.2, 0.25) is 5.91 Å². The molecule has 1 aliphatic carbocycles. The van der Waals surface area contributed by atoms with E-state index >= 15 is 0 Å². The smallest absolute Gasteiger partial charge is 0.254 e. The van der Waals surface area contributed by atoms with Crippen molar-refractivity contribution in [2.45, 2.75) is 58.9 Å². The molecular formula is C26H38N6O2. The lowest BCUT2D eigenvalue weighted by Gasteiger charge is -2.38. The fraction of sp³-hybridized carbons (Fsp3) is 0.692. The Balaban J connectivity index is 1.26. The van der Waals surface area contributed by atoms with Gasteiger partial charge in [-0.1, -0.05) is 13.8 Å². The maximum Gasteiger partial charge on any atom is 0.254 e. The predicted molar refractivity (Wildman–Crippen MR) is 132 cm³/mol. The van der Waals surface area contributed by atoms with Crippen LogP contribution in [0.15, 0.2) is 12.3 Å². The van der Waals surface area contributed by atoms with Crippen LogP contribution in [0.4, 0.5) is 0 Å². The molecule has 34 heavy (non-hydrogen) atoms. The van der Waals surface area contributed by atoms with E-state index in [0.29, 0.717) is 37.4 Å². The second kappa shape index (κ2) is 9.29. The minimum atomic E-state index is 0.0577. The molecule has 0 bridgehead atoms. The van der Waals surface area contributed by atoms with Gasteiger partial charge in [0.15, 0.2) is 5.65 Å². The van der Waals surface area contributed by atoms with Gasteiger partial charge >= 0.3 is 0 Å². The third-order valence-corrected chi connectivity index (χ3v) is 7.54. The Bertz CT molecular complexity index is 1060. The first-order chi connectivity index (χ1) is 16.3. The summed E-state index contributed by atoms with van der Waals surface area (Å²) < 4.78 is 1.92. The number of fused-ring (bicyclic) bond motifs is 1. The molecule has 5 rings (SSSR count). The second-order valence-corrected chi connectivity index (χ2v) is 11.1. The molecule has 0 unspecified atom stereocenters. The van der Waals surface area contributed by atoms with E-state index in [-0.39, 0.29) is 17.9 Å². The Hall–Kier alpha value is -2.48. The molecule has 8 nitrogen and oxygen atoms in total. The molecular weight excluding hydrogens is 428 g/mol. The van der Waals surface area contributed by atoms with Gasteiger partial charge in [-0.15, -0.1) is 0 Å². The first kappa shape index (κ1) is 23.3. The van der Waals surface area contributed by atoms with Crippen molar-refractivity contribution in [1.29, 1.82) is 0 Å². The standard InChI is InChI=1S/C26H38N6O2/c1-17(2)32-25-22(13-27-32)21(12-23(28-25)20-5-6-20)26(34)30-9-7-29(8-10-30)16-24(33)31-14-18(3)11-19(4)15-31/h12-13,17-20H,5-11,14-16H2,1-4H3/t18-,19+. The van der Waals surface area contributed by atoms with Gasteiger partial charge in [-0.25, -0.2) is 9.67 Å². The number of piperazine rings is 1. The molecule has 2 amide bonds. The molecule has 1 saturated carbocycles. The van der Waals surface area contributed by atoms with Crippen LogP contribution >= 0.6 is 0 Å². The molecule has 0 radical (unpaired) electrons. The summed E-state index contributed by atoms with van der Waals surface area (Å²) in [5, 5.41) is 5.38. The van der Waals surface area contributed by atoms with Crippen LogP contribution in [-0.4, -0.2) is 87.1 Å². The van der Waals surface area contributed by atoms with Crippen LogP contribution in [0.2, 0.25) is 0 Å². The van der Waals surface area contributed by atoms with E-state index in [9.17, 15) is 9.59 Å². The minimum absolute atomic E-state index is 0.0577. The van der Waals surface area contributed by atoms with Crippen LogP contribution < -0.4 is 0 Å². The fourth-order valence-corrected chi connectivity index (χ4v) is 5.62. The predicted octanol–water partition coefficient (Wildman–Crippen LogP) is 3.15. The van der Waals surface area contributed by atoms with E-state index in [1.807, 2.05) is 20.5 Å². The summed E-state index contributed by atoms with van der Waals surface area (Å²) in [7, 11) is 0. The number of piperidine rings is 1. The Morgan fingerprint density at radius 3 is 2.32 bits per heavy atom. The second-order valence-electron chi connectivity index (χ2n) is 11.1. The van der Waals surface area contributed by atoms with Crippen LogP contribution in [0, 0.1) is 11.8 Å². The number of nitrogens with zero attached hydrogens (tertiary/aromatic N) is 6. The molecule has 2 aromatic heterocycles. The van der Waals surface area contributed by atoms with Crippen molar-refractivity contribution in [3.63, 3.8) is 0 Å². The summed E-state index contributed by atoms with van der Waals surface area (Å²) in [5.74, 6) is 1.89. The highest BCUT2D eigenvalue weighted by Crippen LogP contribution is 2.40. The molecule has 2 aromatic rings. The summed E-state index contributed by atoms with van der Waals surface area (Å²) in [5.41, 5.74) is 2.56. The summed E-state index contributed by atoms with van der Waals surface area (Å²) in [4.78, 5) is 37.6. The number of pyridine rings is 1. The maximum atomic E-state index is 13.6. The quantitative estimate of drug-likeness (QED) is 0.677. The van der Waals surface area contributed by atoms with E-state index in [4.69, 9.17) is 4.98 Å². The highest BCUT2D eigenvalue weighted by Gasteiger charge is 2.31. The van der Waals surface area contributed by atoms with Crippen molar-refractivity contribution in [3.8, 4) is 0 Å². The van der Waals surface area contributed by atoms with E-state index in [1.54, 1.807) is 6.20 Å². The Kier molecular flexibility index (Phi) is 6.35. The van der Waals surface area contributed by atoms with Crippen molar-refractivity contribution >= 4 is 22.8 Å². The van der Waals surface area contributed by atoms with Crippen molar-refractivity contribution in [2.24, 2.45) is 11.8 Å². The van der Waals surface area contributed by atoms with Gasteiger partial charge < -0.3 is 9.80 Å². The number of carbonyl (C=O) groups is 2. The molecule has 2 saturated heterocycles. The Morgan fingerprint density at radius 2 is 1.71 bits per heavy atom. The molecule has 184 valence electrons. The van der Waals surface area contributed by atoms with Gasteiger partial charge in [0.25, 0.3) is 5.91 Å². The molecule has 0 N–H and O–H groups in total. The van der Waals surface area contributed by atoms with E-state index in [0.717, 1.165) is 61.3 Å². The van der Waals surface area contributed by atoms with Crippen LogP contribution in [-0.2, 0) is 4.79 Å². The minimum Gasteiger partial charge on any atom is -0.341 e. The number of rotatable bonds is 5. The molecule has 3 aliphatic rings. The zero-order chi connectivity index (χ0) is 24.0. The van der Waals surface area contributed by atoms with Gasteiger partial charge in [-0.3, -0.25) is 14.5 Å². The van der Waals surface area contributed by atoms with Crippen molar-refractivity contribution in [3.05, 3.63) is 23.5 Å². The lowest BCUT2D eigenvalue weighted by molar-refractivity contribution is -0.135. The third-order valence-electron chi connectivity index (χ3n) is 7.54. The lowest BCUT2D eigenvalue weighted by Crippen LogP contribution is -2.53. The van der Waals surface area contributed by atoms with Crippen molar-refractivity contribution in [1.82, 2.24) is 29.5 Å². The lowest BCUT2D eigenvalue weighted by atomic mass is 9.92. The number of amides is 2. The van der Waals surface area contributed by atoms with Crippen LogP contribution in [0.5, 0.6) is 0 Å². The average Bonchev–Trinajstić information content (AvgIpc) is 3.56. The molecule has 2 atom stereocenters. The summed E-state index contributed by atoms with van der Waals surface area (Å²) in [6.45, 7) is 13.6. The first-order valence-corrected chi connectivity index (χ1v) is 13.0. The highest BCUT2D eigenvalue weighted by molar-refractivity contribution is 6.05. The molecule has 0 aromatic carbocycles. The normalized spacial score (nSPS) is 24.3. The van der Waals surface area contributed by atoms with Crippen molar-refractivity contribution < 1.29 is 9.59 Å². The zero-order valence-corrected chi connectivity index (χ0v) is 21.0. The number of hydrogen-bond acceptors (Lipinski definition) is 5. The molecule has 4 heterocycles. The topological polar surface area (TPSA) is 74.6 Å². The average molecular weight is 467 g/mol. The summed E-state index contributed by atoms with van der Waals surface area (Å²) >= 11 is 0. The monoisotopic (exact) mass is 466 g/mol. The summed E-state index contributed by atoms with van der Waals surface area (Å²) in [6.07, 6.45) is 5.28. The molecule has 3 fully saturated rings. The van der Waals surface area contributed by atoms with Crippen LogP contribution in [0.3, 0.4) is 0 Å². The van der Waals surface area contributed by atoms with Gasteiger partial charge in [0.1, 0.15) is 0 Å². The van der Waals surface area contributed by atoms with Gasteiger partial charge in [-0.2, -0.15) is 5.10 Å². The van der Waals surface area contributed by atoms with Gasteiger partial charge in [0, 0.05) is 56.9 Å². The SMILES string of the molecule is CC(C)n1ncc2c(C(=O)N3CCN(CC(=O)N4C[C@H](C)C[C@H](C)C4)CC3)cc(C3CC3)nc21. The number of carbonyl (C=O) groups excluding carboxylic acids is 2. The van der Waals surface area contributed by atoms with Gasteiger partial charge in [0.05, 0.1) is 23.7 Å².